The number of amides is 1. The Morgan fingerprint density at radius 1 is 1.45 bits per heavy atom. The zero-order chi connectivity index (χ0) is 15.7. The molecule has 2 aromatic heterocycles. The number of hydrogen-bond acceptors (Lipinski definition) is 5. The van der Waals surface area contributed by atoms with Crippen molar-refractivity contribution in [1.82, 2.24) is 19.8 Å². The number of hydrogen-bond donors (Lipinski definition) is 1. The SMILES string of the molecule is CCc1c(C2CCN(C(=O)c3ccnn3C)CC2)noc1N. The van der Waals surface area contributed by atoms with E-state index in [0.29, 0.717) is 30.6 Å². The van der Waals surface area contributed by atoms with Crippen LogP contribution in [-0.2, 0) is 13.5 Å². The number of nitrogens with zero attached hydrogens (tertiary/aromatic N) is 4. The average Bonchev–Trinajstić information content (AvgIpc) is 3.12. The molecule has 0 atom stereocenters. The van der Waals surface area contributed by atoms with Gasteiger partial charge in [0, 0.05) is 37.8 Å². The van der Waals surface area contributed by atoms with Crippen LogP contribution in [0.4, 0.5) is 5.88 Å². The maximum Gasteiger partial charge on any atom is 0.272 e. The van der Waals surface area contributed by atoms with Gasteiger partial charge in [-0.05, 0) is 25.3 Å². The van der Waals surface area contributed by atoms with Crippen molar-refractivity contribution in [2.45, 2.75) is 32.1 Å². The highest BCUT2D eigenvalue weighted by molar-refractivity contribution is 5.92. The molecule has 1 aliphatic heterocycles. The highest BCUT2D eigenvalue weighted by Crippen LogP contribution is 2.32. The highest BCUT2D eigenvalue weighted by Gasteiger charge is 2.29. The molecule has 1 amide bonds. The molecule has 0 aromatic carbocycles. The van der Waals surface area contributed by atoms with Gasteiger partial charge in [0.15, 0.2) is 0 Å². The molecule has 2 N–H and O–H groups in total. The molecule has 1 saturated heterocycles. The molecular weight excluding hydrogens is 282 g/mol. The summed E-state index contributed by atoms with van der Waals surface area (Å²) >= 11 is 0. The number of anilines is 1. The summed E-state index contributed by atoms with van der Waals surface area (Å²) in [7, 11) is 1.78. The predicted molar refractivity (Wildman–Crippen MR) is 81.4 cm³/mol. The Balaban J connectivity index is 1.68. The third-order valence-electron chi connectivity index (χ3n) is 4.41. The first-order chi connectivity index (χ1) is 10.6. The number of carbonyl (C=O) groups is 1. The molecule has 3 rings (SSSR count). The van der Waals surface area contributed by atoms with Crippen molar-refractivity contribution in [3.63, 3.8) is 0 Å². The first-order valence-electron chi connectivity index (χ1n) is 7.63. The summed E-state index contributed by atoms with van der Waals surface area (Å²) in [6.07, 6.45) is 4.22. The van der Waals surface area contributed by atoms with Crippen molar-refractivity contribution in [2.24, 2.45) is 7.05 Å². The molecule has 0 radical (unpaired) electrons. The Kier molecular flexibility index (Phi) is 3.87. The van der Waals surface area contributed by atoms with Crippen LogP contribution in [0, 0.1) is 0 Å². The lowest BCUT2D eigenvalue weighted by molar-refractivity contribution is 0.0700. The van der Waals surface area contributed by atoms with E-state index < -0.39 is 0 Å². The molecule has 0 bridgehead atoms. The first kappa shape index (κ1) is 14.6. The normalized spacial score (nSPS) is 16.2. The summed E-state index contributed by atoms with van der Waals surface area (Å²) in [5.41, 5.74) is 8.41. The zero-order valence-electron chi connectivity index (χ0n) is 13.0. The van der Waals surface area contributed by atoms with Gasteiger partial charge in [0.05, 0.1) is 5.69 Å². The van der Waals surface area contributed by atoms with Gasteiger partial charge >= 0.3 is 0 Å². The summed E-state index contributed by atoms with van der Waals surface area (Å²) in [6, 6.07) is 1.75. The van der Waals surface area contributed by atoms with Crippen LogP contribution in [0.25, 0.3) is 0 Å². The number of rotatable bonds is 3. The summed E-state index contributed by atoms with van der Waals surface area (Å²) in [4.78, 5) is 14.3. The molecule has 0 unspecified atom stereocenters. The molecule has 0 aliphatic carbocycles. The van der Waals surface area contributed by atoms with E-state index in [1.165, 1.54) is 0 Å². The molecule has 1 fully saturated rings. The molecule has 0 saturated carbocycles. The molecule has 0 spiro atoms. The third-order valence-corrected chi connectivity index (χ3v) is 4.41. The first-order valence-corrected chi connectivity index (χ1v) is 7.63. The van der Waals surface area contributed by atoms with Crippen LogP contribution in [-0.4, -0.2) is 38.8 Å². The van der Waals surface area contributed by atoms with E-state index in [1.54, 1.807) is 24.0 Å². The van der Waals surface area contributed by atoms with Crippen molar-refractivity contribution in [3.05, 3.63) is 29.2 Å². The molecular formula is C15H21N5O2. The standard InChI is InChI=1S/C15H21N5O2/c1-3-11-13(18-22-14(11)16)10-5-8-20(9-6-10)15(21)12-4-7-17-19(12)2/h4,7,10H,3,5-6,8-9,16H2,1-2H3. The van der Waals surface area contributed by atoms with E-state index in [1.807, 2.05) is 11.8 Å². The maximum absolute atomic E-state index is 12.5. The lowest BCUT2D eigenvalue weighted by Crippen LogP contribution is -2.38. The van der Waals surface area contributed by atoms with E-state index in [9.17, 15) is 4.79 Å². The van der Waals surface area contributed by atoms with Gasteiger partial charge in [-0.15, -0.1) is 0 Å². The van der Waals surface area contributed by atoms with Gasteiger partial charge in [-0.2, -0.15) is 5.10 Å². The van der Waals surface area contributed by atoms with Gasteiger partial charge < -0.3 is 15.2 Å². The van der Waals surface area contributed by atoms with Crippen LogP contribution in [0.2, 0.25) is 0 Å². The Morgan fingerprint density at radius 2 is 2.18 bits per heavy atom. The monoisotopic (exact) mass is 303 g/mol. The van der Waals surface area contributed by atoms with Crippen LogP contribution in [0.5, 0.6) is 0 Å². The second-order valence-electron chi connectivity index (χ2n) is 5.67. The fraction of sp³-hybridized carbons (Fsp3) is 0.533. The Bertz CT molecular complexity index is 667. The molecule has 118 valence electrons. The topological polar surface area (TPSA) is 90.2 Å². The number of nitrogen functional groups attached to an aromatic ring is 1. The van der Waals surface area contributed by atoms with Crippen molar-refractivity contribution in [1.29, 1.82) is 0 Å². The third kappa shape index (κ3) is 2.47. The van der Waals surface area contributed by atoms with Crippen LogP contribution in [0.1, 0.15) is 47.4 Å². The molecule has 22 heavy (non-hydrogen) atoms. The van der Waals surface area contributed by atoms with Gasteiger partial charge in [0.2, 0.25) is 5.88 Å². The molecule has 2 aromatic rings. The van der Waals surface area contributed by atoms with Crippen molar-refractivity contribution in [3.8, 4) is 0 Å². The minimum atomic E-state index is 0.0360. The molecule has 3 heterocycles. The predicted octanol–water partition coefficient (Wildman–Crippen LogP) is 1.57. The lowest BCUT2D eigenvalue weighted by Gasteiger charge is -2.31. The van der Waals surface area contributed by atoms with Crippen LogP contribution in [0.3, 0.4) is 0 Å². The van der Waals surface area contributed by atoms with E-state index in [-0.39, 0.29) is 5.91 Å². The number of piperidine rings is 1. The summed E-state index contributed by atoms with van der Waals surface area (Å²) in [5.74, 6) is 0.770. The van der Waals surface area contributed by atoms with Gasteiger partial charge in [-0.3, -0.25) is 9.48 Å². The Labute approximate surface area is 129 Å². The van der Waals surface area contributed by atoms with Crippen molar-refractivity contribution < 1.29 is 9.32 Å². The second kappa shape index (κ2) is 5.82. The smallest absolute Gasteiger partial charge is 0.272 e. The Morgan fingerprint density at radius 3 is 2.77 bits per heavy atom. The van der Waals surface area contributed by atoms with Crippen molar-refractivity contribution in [2.75, 3.05) is 18.8 Å². The van der Waals surface area contributed by atoms with E-state index in [4.69, 9.17) is 10.3 Å². The lowest BCUT2D eigenvalue weighted by atomic mass is 9.90. The fourth-order valence-electron chi connectivity index (χ4n) is 3.11. The van der Waals surface area contributed by atoms with Crippen LogP contribution >= 0.6 is 0 Å². The largest absolute Gasteiger partial charge is 0.367 e. The summed E-state index contributed by atoms with van der Waals surface area (Å²) in [5, 5.41) is 8.18. The van der Waals surface area contributed by atoms with Gasteiger partial charge in [-0.25, -0.2) is 0 Å². The number of aromatic nitrogens is 3. The van der Waals surface area contributed by atoms with Gasteiger partial charge in [-0.1, -0.05) is 12.1 Å². The number of nitrogens with two attached hydrogens (primary N) is 1. The van der Waals surface area contributed by atoms with Gasteiger partial charge in [0.25, 0.3) is 5.91 Å². The quantitative estimate of drug-likeness (QED) is 0.929. The second-order valence-corrected chi connectivity index (χ2v) is 5.67. The van der Waals surface area contributed by atoms with E-state index in [2.05, 4.69) is 10.3 Å². The summed E-state index contributed by atoms with van der Waals surface area (Å²) in [6.45, 7) is 3.47. The number of aryl methyl sites for hydroxylation is 1. The Hall–Kier alpha value is -2.31. The highest BCUT2D eigenvalue weighted by atomic mass is 16.5. The van der Waals surface area contributed by atoms with E-state index in [0.717, 1.165) is 30.5 Å². The molecule has 7 nitrogen and oxygen atoms in total. The number of carbonyl (C=O) groups excluding carboxylic acids is 1. The minimum absolute atomic E-state index is 0.0360. The number of likely N-dealkylation sites (tertiary alicyclic amines) is 1. The fourth-order valence-corrected chi connectivity index (χ4v) is 3.11. The minimum Gasteiger partial charge on any atom is -0.367 e. The molecule has 7 heteroatoms. The zero-order valence-corrected chi connectivity index (χ0v) is 13.0. The maximum atomic E-state index is 12.5. The van der Waals surface area contributed by atoms with E-state index >= 15 is 0 Å². The van der Waals surface area contributed by atoms with Crippen molar-refractivity contribution >= 4 is 11.8 Å². The van der Waals surface area contributed by atoms with Gasteiger partial charge in [0.1, 0.15) is 5.69 Å². The summed E-state index contributed by atoms with van der Waals surface area (Å²) < 4.78 is 6.74. The molecule has 1 aliphatic rings. The van der Waals surface area contributed by atoms with Crippen LogP contribution in [0.15, 0.2) is 16.8 Å². The average molecular weight is 303 g/mol. The van der Waals surface area contributed by atoms with Crippen LogP contribution < -0.4 is 5.73 Å².